The Labute approximate surface area is 306 Å². The number of hydrogen-bond donors (Lipinski definition) is 0. The van der Waals surface area contributed by atoms with Crippen LogP contribution in [0.2, 0.25) is 0 Å². The molecule has 0 fully saturated rings. The van der Waals surface area contributed by atoms with Crippen molar-refractivity contribution in [1.82, 2.24) is 0 Å². The standard InChI is InChI=1S/C50H30O2/c1-2-13-31(14-3-1)47-38-18-4-6-20-40(38)48(41-21-7-5-19-39(41)47)33-16-12-15-32(29-33)35-27-28-45-50(42-22-9-11-24-44(42)51-45)49(35)34-25-26-37-36-17-8-10-23-43(36)52-46(37)30-34/h1-30H/i1D,2D,3D,13D,14D. The molecule has 52 heavy (non-hydrogen) atoms. The molecule has 0 aliphatic heterocycles. The van der Waals surface area contributed by atoms with Crippen LogP contribution in [0.25, 0.3) is 110 Å². The third-order valence-corrected chi connectivity index (χ3v) is 10.4. The van der Waals surface area contributed by atoms with Crippen LogP contribution >= 0.6 is 0 Å². The van der Waals surface area contributed by atoms with Crippen LogP contribution < -0.4 is 0 Å². The molecule has 0 unspecified atom stereocenters. The molecule has 2 aromatic heterocycles. The van der Waals surface area contributed by atoms with Crippen LogP contribution in [0.4, 0.5) is 0 Å². The average Bonchev–Trinajstić information content (AvgIpc) is 3.82. The second-order valence-electron chi connectivity index (χ2n) is 13.2. The lowest BCUT2D eigenvalue weighted by atomic mass is 9.84. The van der Waals surface area contributed by atoms with Gasteiger partial charge in [0, 0.05) is 27.1 Å². The molecule has 11 rings (SSSR count). The van der Waals surface area contributed by atoms with Gasteiger partial charge in [-0.3, -0.25) is 0 Å². The molecule has 242 valence electrons. The Morgan fingerprint density at radius 2 is 0.865 bits per heavy atom. The minimum absolute atomic E-state index is 0.195. The molecule has 0 N–H and O–H groups in total. The van der Waals surface area contributed by atoms with E-state index in [9.17, 15) is 0 Å². The molecule has 0 atom stereocenters. The number of para-hydroxylation sites is 2. The van der Waals surface area contributed by atoms with Gasteiger partial charge in [0.05, 0.1) is 6.85 Å². The summed E-state index contributed by atoms with van der Waals surface area (Å²) in [6.45, 7) is 0. The van der Waals surface area contributed by atoms with Gasteiger partial charge in [0.15, 0.2) is 0 Å². The van der Waals surface area contributed by atoms with Crippen molar-refractivity contribution in [3.8, 4) is 44.5 Å². The van der Waals surface area contributed by atoms with Gasteiger partial charge in [-0.05, 0) is 96.9 Å². The molecule has 0 amide bonds. The first-order valence-corrected chi connectivity index (χ1v) is 17.3. The van der Waals surface area contributed by atoms with Gasteiger partial charge < -0.3 is 8.83 Å². The van der Waals surface area contributed by atoms with E-state index in [1.807, 2.05) is 72.8 Å². The Morgan fingerprint density at radius 1 is 0.327 bits per heavy atom. The molecular formula is C50H30O2. The summed E-state index contributed by atoms with van der Waals surface area (Å²) in [5.41, 5.74) is 10.2. The van der Waals surface area contributed by atoms with Gasteiger partial charge in [-0.25, -0.2) is 0 Å². The smallest absolute Gasteiger partial charge is 0.136 e. The second kappa shape index (κ2) is 11.3. The highest BCUT2D eigenvalue weighted by atomic mass is 16.3. The topological polar surface area (TPSA) is 26.3 Å². The van der Waals surface area contributed by atoms with Crippen LogP contribution in [0, 0.1) is 0 Å². The van der Waals surface area contributed by atoms with Crippen LogP contribution in [0.15, 0.2) is 191 Å². The normalized spacial score (nSPS) is 13.2. The minimum Gasteiger partial charge on any atom is -0.456 e. The van der Waals surface area contributed by atoms with E-state index in [4.69, 9.17) is 15.7 Å². The first kappa shape index (κ1) is 24.3. The molecule has 2 nitrogen and oxygen atoms in total. The molecule has 9 aromatic carbocycles. The largest absolute Gasteiger partial charge is 0.456 e. The van der Waals surface area contributed by atoms with Crippen molar-refractivity contribution in [2.75, 3.05) is 0 Å². The Balaban J connectivity index is 1.19. The zero-order valence-corrected chi connectivity index (χ0v) is 27.8. The number of rotatable bonds is 4. The summed E-state index contributed by atoms with van der Waals surface area (Å²) < 4.78 is 56.0. The average molecular weight is 668 g/mol. The Kier molecular flexibility index (Phi) is 5.28. The van der Waals surface area contributed by atoms with Crippen molar-refractivity contribution in [1.29, 1.82) is 0 Å². The Hall–Kier alpha value is -6.90. The number of benzene rings is 9. The molecule has 2 heteroatoms. The number of hydrogen-bond acceptors (Lipinski definition) is 2. The van der Waals surface area contributed by atoms with E-state index >= 15 is 0 Å². The highest BCUT2D eigenvalue weighted by Crippen LogP contribution is 2.47. The van der Waals surface area contributed by atoms with Crippen molar-refractivity contribution in [2.24, 2.45) is 0 Å². The number of furan rings is 2. The summed E-state index contributed by atoms with van der Waals surface area (Å²) in [5, 5.41) is 7.66. The molecule has 2 heterocycles. The van der Waals surface area contributed by atoms with E-state index in [0.29, 0.717) is 5.56 Å². The quantitative estimate of drug-likeness (QED) is 0.175. The fourth-order valence-electron chi connectivity index (χ4n) is 8.16. The van der Waals surface area contributed by atoms with E-state index in [-0.39, 0.29) is 29.7 Å². The first-order valence-electron chi connectivity index (χ1n) is 19.8. The summed E-state index contributed by atoms with van der Waals surface area (Å²) in [4.78, 5) is 0. The van der Waals surface area contributed by atoms with Crippen LogP contribution in [0.3, 0.4) is 0 Å². The van der Waals surface area contributed by atoms with Gasteiger partial charge in [-0.15, -0.1) is 0 Å². The Bertz CT molecular complexity index is 3400. The fraction of sp³-hybridized carbons (Fsp3) is 0. The van der Waals surface area contributed by atoms with E-state index in [0.717, 1.165) is 98.8 Å². The maximum absolute atomic E-state index is 8.94. The molecular weight excluding hydrogens is 633 g/mol. The lowest BCUT2D eigenvalue weighted by Crippen LogP contribution is -1.92. The second-order valence-corrected chi connectivity index (χ2v) is 13.2. The zero-order chi connectivity index (χ0) is 38.5. The molecule has 0 aliphatic carbocycles. The van der Waals surface area contributed by atoms with Crippen molar-refractivity contribution >= 4 is 65.4 Å². The predicted octanol–water partition coefficient (Wildman–Crippen LogP) is 14.5. The monoisotopic (exact) mass is 667 g/mol. The maximum atomic E-state index is 8.94. The van der Waals surface area contributed by atoms with Gasteiger partial charge in [0.25, 0.3) is 0 Å². The lowest BCUT2D eigenvalue weighted by molar-refractivity contribution is 0.668. The third-order valence-electron chi connectivity index (χ3n) is 10.4. The van der Waals surface area contributed by atoms with Crippen LogP contribution in [0.1, 0.15) is 6.85 Å². The van der Waals surface area contributed by atoms with Crippen molar-refractivity contribution in [2.45, 2.75) is 0 Å². The summed E-state index contributed by atoms with van der Waals surface area (Å²) in [5.74, 6) is 0. The number of fused-ring (bicyclic) bond motifs is 8. The van der Waals surface area contributed by atoms with Crippen molar-refractivity contribution < 1.29 is 15.7 Å². The van der Waals surface area contributed by atoms with Crippen LogP contribution in [0.5, 0.6) is 0 Å². The third kappa shape index (κ3) is 4.31. The highest BCUT2D eigenvalue weighted by molar-refractivity contribution is 6.22. The summed E-state index contributed by atoms with van der Waals surface area (Å²) >= 11 is 0. The SMILES string of the molecule is [2H]c1c([2H])c([2H])c(-c2c3ccccc3c(-c3cccc(-c4ccc5oc6ccccc6c5c4-c4ccc5c(c4)oc4ccccc45)c3)c3ccccc23)c([2H])c1[2H]. The van der Waals surface area contributed by atoms with Crippen LogP contribution in [-0.4, -0.2) is 0 Å². The molecule has 0 saturated carbocycles. The van der Waals surface area contributed by atoms with Crippen molar-refractivity contribution in [3.63, 3.8) is 0 Å². The van der Waals surface area contributed by atoms with E-state index < -0.39 is 6.04 Å². The zero-order valence-electron chi connectivity index (χ0n) is 32.8. The highest BCUT2D eigenvalue weighted by Gasteiger charge is 2.21. The molecule has 0 saturated heterocycles. The van der Waals surface area contributed by atoms with E-state index in [1.54, 1.807) is 0 Å². The first-order chi connectivity index (χ1) is 27.9. The summed E-state index contributed by atoms with van der Waals surface area (Å²) in [6.07, 6.45) is 0. The van der Waals surface area contributed by atoms with Gasteiger partial charge in [0.1, 0.15) is 22.3 Å². The van der Waals surface area contributed by atoms with E-state index in [2.05, 4.69) is 78.9 Å². The fourth-order valence-corrected chi connectivity index (χ4v) is 8.16. The summed E-state index contributed by atoms with van der Waals surface area (Å²) in [6, 6.07) is 49.9. The lowest BCUT2D eigenvalue weighted by Gasteiger charge is -2.18. The van der Waals surface area contributed by atoms with Gasteiger partial charge in [0.2, 0.25) is 0 Å². The molecule has 0 spiro atoms. The van der Waals surface area contributed by atoms with Crippen molar-refractivity contribution in [3.05, 3.63) is 182 Å². The minimum atomic E-state index is -0.408. The molecule has 0 radical (unpaired) electrons. The molecule has 0 bridgehead atoms. The Morgan fingerprint density at radius 3 is 1.58 bits per heavy atom. The molecule has 11 aromatic rings. The van der Waals surface area contributed by atoms with Gasteiger partial charge in [-0.2, -0.15) is 0 Å². The summed E-state index contributed by atoms with van der Waals surface area (Å²) in [7, 11) is 0. The van der Waals surface area contributed by atoms with Crippen LogP contribution in [-0.2, 0) is 0 Å². The van der Waals surface area contributed by atoms with Gasteiger partial charge >= 0.3 is 0 Å². The molecule has 0 aliphatic rings. The van der Waals surface area contributed by atoms with Gasteiger partial charge in [-0.1, -0.05) is 145 Å². The van der Waals surface area contributed by atoms with E-state index in [1.165, 1.54) is 0 Å². The maximum Gasteiger partial charge on any atom is 0.136 e. The predicted molar refractivity (Wildman–Crippen MR) is 218 cm³/mol.